The number of ether oxygens (including phenoxy) is 1. The Hall–Kier alpha value is -2.30. The Labute approximate surface area is 98.7 Å². The first-order valence-electron chi connectivity index (χ1n) is 4.98. The van der Waals surface area contributed by atoms with Gasteiger partial charge < -0.3 is 15.2 Å². The lowest BCUT2D eigenvalue weighted by Gasteiger charge is -2.13. The van der Waals surface area contributed by atoms with Crippen LogP contribution in [0.3, 0.4) is 0 Å². The minimum absolute atomic E-state index is 0.197. The molecule has 0 heterocycles. The highest BCUT2D eigenvalue weighted by molar-refractivity contribution is 5.80. The van der Waals surface area contributed by atoms with Gasteiger partial charge in [-0.25, -0.2) is 9.59 Å². The first-order valence-corrected chi connectivity index (χ1v) is 4.98. The number of hydrogen-bond donors (Lipinski definition) is 2. The van der Waals surface area contributed by atoms with E-state index in [1.165, 1.54) is 0 Å². The Morgan fingerprint density at radius 2 is 2.06 bits per heavy atom. The number of alkyl carbamates (subject to hydrolysis) is 1. The van der Waals surface area contributed by atoms with Crippen molar-refractivity contribution in [3.05, 3.63) is 48.7 Å². The fourth-order valence-electron chi connectivity index (χ4n) is 1.30. The number of carbonyl (C=O) groups excluding carboxylic acids is 1. The van der Waals surface area contributed by atoms with Gasteiger partial charge in [-0.3, -0.25) is 0 Å². The van der Waals surface area contributed by atoms with Gasteiger partial charge in [0, 0.05) is 6.42 Å². The second-order valence-corrected chi connectivity index (χ2v) is 3.30. The summed E-state index contributed by atoms with van der Waals surface area (Å²) in [6.07, 6.45) is 0.308. The van der Waals surface area contributed by atoms with Gasteiger partial charge in [0.25, 0.3) is 0 Å². The smallest absolute Gasteiger partial charge is 0.412 e. The molecule has 0 aliphatic carbocycles. The third-order valence-corrected chi connectivity index (χ3v) is 2.06. The molecule has 0 saturated carbocycles. The van der Waals surface area contributed by atoms with Crippen molar-refractivity contribution in [1.29, 1.82) is 0 Å². The van der Waals surface area contributed by atoms with Gasteiger partial charge in [-0.2, -0.15) is 0 Å². The number of benzene rings is 1. The summed E-state index contributed by atoms with van der Waals surface area (Å²) >= 11 is 0. The Morgan fingerprint density at radius 3 is 2.59 bits per heavy atom. The molecule has 0 saturated heterocycles. The molecule has 0 bridgehead atoms. The number of rotatable bonds is 5. The molecule has 5 heteroatoms. The summed E-state index contributed by atoms with van der Waals surface area (Å²) in [4.78, 5) is 22.0. The molecule has 0 spiro atoms. The molecule has 1 atom stereocenters. The van der Waals surface area contributed by atoms with Crippen LogP contribution < -0.4 is 5.32 Å². The van der Waals surface area contributed by atoms with Crippen molar-refractivity contribution in [2.75, 3.05) is 0 Å². The summed E-state index contributed by atoms with van der Waals surface area (Å²) in [6.45, 7) is 3.21. The average molecular weight is 235 g/mol. The predicted octanol–water partition coefficient (Wildman–Crippen LogP) is 1.55. The highest BCUT2D eigenvalue weighted by atomic mass is 16.5. The molecule has 0 fully saturated rings. The molecule has 0 radical (unpaired) electrons. The van der Waals surface area contributed by atoms with Crippen LogP contribution in [-0.2, 0) is 16.0 Å². The second-order valence-electron chi connectivity index (χ2n) is 3.30. The molecule has 2 N–H and O–H groups in total. The van der Waals surface area contributed by atoms with Gasteiger partial charge in [-0.05, 0) is 5.56 Å². The van der Waals surface area contributed by atoms with Crippen LogP contribution in [0.5, 0.6) is 0 Å². The van der Waals surface area contributed by atoms with Crippen molar-refractivity contribution >= 4 is 12.1 Å². The van der Waals surface area contributed by atoms with Crippen LogP contribution in [0.4, 0.5) is 4.79 Å². The molecule has 5 nitrogen and oxygen atoms in total. The minimum atomic E-state index is -1.12. The number of aliphatic carboxylic acids is 1. The highest BCUT2D eigenvalue weighted by Crippen LogP contribution is 2.03. The van der Waals surface area contributed by atoms with E-state index in [4.69, 9.17) is 5.11 Å². The number of nitrogens with one attached hydrogen (secondary N) is 1. The second kappa shape index (κ2) is 6.32. The van der Waals surface area contributed by atoms with E-state index in [0.29, 0.717) is 0 Å². The molecular formula is C12H13NO4. The van der Waals surface area contributed by atoms with Crippen molar-refractivity contribution in [2.24, 2.45) is 0 Å². The maximum atomic E-state index is 11.1. The van der Waals surface area contributed by atoms with E-state index in [9.17, 15) is 9.59 Å². The molecule has 1 aromatic carbocycles. The minimum Gasteiger partial charge on any atom is -0.480 e. The largest absolute Gasteiger partial charge is 0.480 e. The lowest BCUT2D eigenvalue weighted by molar-refractivity contribution is -0.139. The molecule has 0 aromatic heterocycles. The maximum Gasteiger partial charge on any atom is 0.412 e. The average Bonchev–Trinajstić information content (AvgIpc) is 2.29. The fraction of sp³-hybridized carbons (Fsp3) is 0.167. The quantitative estimate of drug-likeness (QED) is 0.759. The predicted molar refractivity (Wildman–Crippen MR) is 61.4 cm³/mol. The SMILES string of the molecule is C=COC(=O)N[C@H](Cc1ccccc1)C(=O)O. The number of carboxylic acids is 1. The van der Waals surface area contributed by atoms with Crippen LogP contribution in [0.1, 0.15) is 5.56 Å². The van der Waals surface area contributed by atoms with E-state index < -0.39 is 18.1 Å². The Morgan fingerprint density at radius 1 is 1.41 bits per heavy atom. The van der Waals surface area contributed by atoms with Gasteiger partial charge in [0.2, 0.25) is 0 Å². The fourth-order valence-corrected chi connectivity index (χ4v) is 1.30. The van der Waals surface area contributed by atoms with Gasteiger partial charge in [0.05, 0.1) is 6.26 Å². The normalized spacial score (nSPS) is 11.3. The van der Waals surface area contributed by atoms with Crippen molar-refractivity contribution < 1.29 is 19.4 Å². The van der Waals surface area contributed by atoms with E-state index in [-0.39, 0.29) is 6.42 Å². The summed E-state index contributed by atoms with van der Waals surface area (Å²) < 4.78 is 4.41. The lowest BCUT2D eigenvalue weighted by Crippen LogP contribution is -2.42. The Balaban J connectivity index is 2.64. The molecular weight excluding hydrogens is 222 g/mol. The van der Waals surface area contributed by atoms with E-state index in [1.807, 2.05) is 6.07 Å². The van der Waals surface area contributed by atoms with Crippen LogP contribution >= 0.6 is 0 Å². The monoisotopic (exact) mass is 235 g/mol. The highest BCUT2D eigenvalue weighted by Gasteiger charge is 2.20. The zero-order valence-electron chi connectivity index (χ0n) is 9.13. The number of carbonyl (C=O) groups is 2. The van der Waals surface area contributed by atoms with Crippen molar-refractivity contribution in [2.45, 2.75) is 12.5 Å². The molecule has 17 heavy (non-hydrogen) atoms. The molecule has 1 amide bonds. The standard InChI is InChI=1S/C12H13NO4/c1-2-17-12(16)13-10(11(14)15)8-9-6-4-3-5-7-9/h2-7,10H,1,8H2,(H,13,16)(H,14,15)/t10-/m1/s1. The van der Waals surface area contributed by atoms with Crippen molar-refractivity contribution in [1.82, 2.24) is 5.32 Å². The van der Waals surface area contributed by atoms with Crippen LogP contribution in [0, 0.1) is 0 Å². The molecule has 90 valence electrons. The van der Waals surface area contributed by atoms with Gasteiger partial charge in [0.15, 0.2) is 0 Å². The van der Waals surface area contributed by atoms with Crippen LogP contribution in [0.2, 0.25) is 0 Å². The topological polar surface area (TPSA) is 75.6 Å². The summed E-state index contributed by atoms with van der Waals surface area (Å²) in [5.41, 5.74) is 0.818. The Kier molecular flexibility index (Phi) is 4.75. The van der Waals surface area contributed by atoms with Crippen molar-refractivity contribution in [3.8, 4) is 0 Å². The molecule has 0 aliphatic rings. The number of carboxylic acid groups (broad SMARTS) is 1. The van der Waals surface area contributed by atoms with Crippen LogP contribution in [0.15, 0.2) is 43.2 Å². The van der Waals surface area contributed by atoms with Gasteiger partial charge in [-0.15, -0.1) is 0 Å². The van der Waals surface area contributed by atoms with E-state index >= 15 is 0 Å². The summed E-state index contributed by atoms with van der Waals surface area (Å²) in [5.74, 6) is -1.12. The summed E-state index contributed by atoms with van der Waals surface area (Å²) in [5, 5.41) is 11.2. The number of hydrogen-bond acceptors (Lipinski definition) is 3. The van der Waals surface area contributed by atoms with E-state index in [1.54, 1.807) is 24.3 Å². The van der Waals surface area contributed by atoms with E-state index in [2.05, 4.69) is 16.6 Å². The Bertz CT molecular complexity index is 402. The molecule has 1 rings (SSSR count). The van der Waals surface area contributed by atoms with Gasteiger partial charge in [-0.1, -0.05) is 36.9 Å². The summed E-state index contributed by atoms with van der Waals surface area (Å²) in [6, 6.07) is 7.99. The first kappa shape index (κ1) is 12.8. The van der Waals surface area contributed by atoms with Crippen molar-refractivity contribution in [3.63, 3.8) is 0 Å². The molecule has 0 aliphatic heterocycles. The number of amides is 1. The van der Waals surface area contributed by atoms with Gasteiger partial charge in [0.1, 0.15) is 6.04 Å². The first-order chi connectivity index (χ1) is 8.13. The molecule has 0 unspecified atom stereocenters. The van der Waals surface area contributed by atoms with Crippen LogP contribution in [0.25, 0.3) is 0 Å². The van der Waals surface area contributed by atoms with Gasteiger partial charge >= 0.3 is 12.1 Å². The molecule has 1 aromatic rings. The zero-order chi connectivity index (χ0) is 12.7. The van der Waals surface area contributed by atoms with E-state index in [0.717, 1.165) is 11.8 Å². The van der Waals surface area contributed by atoms with Crippen LogP contribution in [-0.4, -0.2) is 23.2 Å². The third kappa shape index (κ3) is 4.38. The summed E-state index contributed by atoms with van der Waals surface area (Å²) in [7, 11) is 0. The third-order valence-electron chi connectivity index (χ3n) is 2.06. The zero-order valence-corrected chi connectivity index (χ0v) is 9.13. The maximum absolute atomic E-state index is 11.1. The lowest BCUT2D eigenvalue weighted by atomic mass is 10.1.